The van der Waals surface area contributed by atoms with Gasteiger partial charge in [0.25, 0.3) is 0 Å². The number of hydrogen-bond donors (Lipinski definition) is 6. The number of aryl methyl sites for hydroxylation is 2. The van der Waals surface area contributed by atoms with Crippen molar-refractivity contribution >= 4 is 11.6 Å². The summed E-state index contributed by atoms with van der Waals surface area (Å²) in [6.45, 7) is 0. The number of aliphatic hydroxyl groups excluding tert-OH is 2. The number of benzene rings is 3. The van der Waals surface area contributed by atoms with Crippen LogP contribution in [0.25, 0.3) is 0 Å². The standard InChI is InChI=1S/C43H48N3O8/c1-53-38-21-27(10-13-33(38)47)11-14-34(48)41(35(49)15-12-28-20-37(51)42(52)39(22-28)54-2)43(29-16-18-46-40(44)24-29)30(19-26-7-4-3-5-8-26)23-36(50)32(43)25-31-9-6-17-45-31/h3-10,13,16-18,20-22,24,30,32,34,36,41,47-48,50-52H,11-12,14-15,19,23,25H2,1-2H3,(H2,44,46)/q-1/t30-,32+,34-,36-,41-,43-/m1/s1. The predicted molar refractivity (Wildman–Crippen MR) is 204 cm³/mol. The summed E-state index contributed by atoms with van der Waals surface area (Å²) in [5, 5.41) is 55.7. The first-order valence-corrected chi connectivity index (χ1v) is 18.2. The van der Waals surface area contributed by atoms with Crippen molar-refractivity contribution in [1.29, 1.82) is 0 Å². The fourth-order valence-corrected chi connectivity index (χ4v) is 8.77. The largest absolute Gasteiger partial charge is 0.668 e. The lowest BCUT2D eigenvalue weighted by molar-refractivity contribution is -0.133. The summed E-state index contributed by atoms with van der Waals surface area (Å²) in [6, 6.07) is 25.3. The monoisotopic (exact) mass is 734 g/mol. The molecule has 5 aromatic rings. The smallest absolute Gasteiger partial charge is 0.200 e. The zero-order valence-corrected chi connectivity index (χ0v) is 30.5. The van der Waals surface area contributed by atoms with Gasteiger partial charge in [-0.25, -0.2) is 4.98 Å². The predicted octanol–water partition coefficient (Wildman–Crippen LogP) is 5.29. The number of pyridine rings is 1. The first-order chi connectivity index (χ1) is 26.0. The van der Waals surface area contributed by atoms with Crippen molar-refractivity contribution in [3.8, 4) is 28.7 Å². The van der Waals surface area contributed by atoms with Crippen LogP contribution >= 0.6 is 0 Å². The number of nitrogens with two attached hydrogens (primary N) is 1. The molecule has 1 aliphatic carbocycles. The summed E-state index contributed by atoms with van der Waals surface area (Å²) < 4.78 is 10.6. The number of aromatic hydroxyl groups is 3. The Morgan fingerprint density at radius 3 is 2.35 bits per heavy atom. The molecule has 7 N–H and O–H groups in total. The number of aliphatic hydroxyl groups is 2. The van der Waals surface area contributed by atoms with E-state index in [0.29, 0.717) is 42.6 Å². The highest BCUT2D eigenvalue weighted by Crippen LogP contribution is 2.58. The highest BCUT2D eigenvalue weighted by molar-refractivity contribution is 5.84. The zero-order valence-electron chi connectivity index (χ0n) is 30.5. The number of ether oxygens (including phenoxy) is 2. The molecule has 284 valence electrons. The van der Waals surface area contributed by atoms with Crippen LogP contribution in [0, 0.1) is 17.8 Å². The number of phenols is 3. The quantitative estimate of drug-likeness (QED) is 0.0723. The van der Waals surface area contributed by atoms with Gasteiger partial charge in [-0.15, -0.1) is 0 Å². The normalized spacial score (nSPS) is 20.7. The highest BCUT2D eigenvalue weighted by Gasteiger charge is 2.61. The van der Waals surface area contributed by atoms with Gasteiger partial charge in [-0.2, -0.15) is 11.9 Å². The molecule has 6 rings (SSSR count). The van der Waals surface area contributed by atoms with Gasteiger partial charge in [0, 0.05) is 18.0 Å². The molecule has 1 fully saturated rings. The number of nitrogens with zero attached hydrogens (tertiary/aromatic N) is 2. The lowest BCUT2D eigenvalue weighted by Gasteiger charge is -2.49. The highest BCUT2D eigenvalue weighted by atomic mass is 16.5. The molecular formula is C43H48N3O8-. The van der Waals surface area contributed by atoms with Crippen molar-refractivity contribution in [2.45, 2.75) is 62.6 Å². The van der Waals surface area contributed by atoms with Gasteiger partial charge in [-0.05, 0) is 109 Å². The molecule has 0 spiro atoms. The van der Waals surface area contributed by atoms with E-state index in [4.69, 9.17) is 15.2 Å². The van der Waals surface area contributed by atoms with E-state index in [2.05, 4.69) is 9.97 Å². The maximum atomic E-state index is 15.2. The first-order valence-electron chi connectivity index (χ1n) is 18.2. The number of nitrogen functional groups attached to an aromatic ring is 1. The summed E-state index contributed by atoms with van der Waals surface area (Å²) in [5.74, 6) is -2.31. The van der Waals surface area contributed by atoms with Gasteiger partial charge in [0.15, 0.2) is 23.0 Å². The third kappa shape index (κ3) is 7.88. The number of carbonyl (C=O) groups is 1. The van der Waals surface area contributed by atoms with Gasteiger partial charge in [0.05, 0.1) is 32.3 Å². The number of rotatable bonds is 16. The Kier molecular flexibility index (Phi) is 11.8. The topological polar surface area (TPSA) is 190 Å². The van der Waals surface area contributed by atoms with E-state index in [1.165, 1.54) is 26.4 Å². The van der Waals surface area contributed by atoms with Gasteiger partial charge in [0.1, 0.15) is 11.6 Å². The molecule has 1 saturated carbocycles. The number of phenolic OH excluding ortho intramolecular Hbond substituents is 3. The van der Waals surface area contributed by atoms with E-state index in [1.807, 2.05) is 48.5 Å². The molecule has 0 bridgehead atoms. The van der Waals surface area contributed by atoms with Crippen LogP contribution in [0.15, 0.2) is 97.3 Å². The molecule has 2 heterocycles. The Labute approximate surface area is 315 Å². The third-order valence-corrected chi connectivity index (χ3v) is 11.1. The van der Waals surface area contributed by atoms with Crippen molar-refractivity contribution in [2.24, 2.45) is 17.8 Å². The van der Waals surface area contributed by atoms with E-state index < -0.39 is 35.2 Å². The fraction of sp³-hybridized carbons (Fsp3) is 0.349. The average Bonchev–Trinajstić information content (AvgIpc) is 3.78. The Morgan fingerprint density at radius 1 is 0.889 bits per heavy atom. The molecule has 11 heteroatoms. The fourth-order valence-electron chi connectivity index (χ4n) is 8.77. The average molecular weight is 735 g/mol. The second kappa shape index (κ2) is 16.7. The van der Waals surface area contributed by atoms with Gasteiger partial charge >= 0.3 is 0 Å². The van der Waals surface area contributed by atoms with Crippen LogP contribution < -0.4 is 20.2 Å². The van der Waals surface area contributed by atoms with E-state index in [9.17, 15) is 25.5 Å². The molecule has 11 nitrogen and oxygen atoms in total. The summed E-state index contributed by atoms with van der Waals surface area (Å²) in [7, 11) is 2.85. The van der Waals surface area contributed by atoms with Crippen LogP contribution in [0.5, 0.6) is 28.7 Å². The number of aromatic nitrogens is 2. The van der Waals surface area contributed by atoms with E-state index in [1.54, 1.807) is 36.7 Å². The minimum absolute atomic E-state index is 0.00589. The summed E-state index contributed by atoms with van der Waals surface area (Å²) in [4.78, 5) is 24.1. The van der Waals surface area contributed by atoms with Crippen molar-refractivity contribution < 1.29 is 39.8 Å². The van der Waals surface area contributed by atoms with E-state index >= 15 is 4.79 Å². The molecule has 0 saturated heterocycles. The van der Waals surface area contributed by atoms with Gasteiger partial charge in [0.2, 0.25) is 5.75 Å². The van der Waals surface area contributed by atoms with Crippen molar-refractivity contribution in [1.82, 2.24) is 9.97 Å². The van der Waals surface area contributed by atoms with Crippen LogP contribution in [0.2, 0.25) is 0 Å². The van der Waals surface area contributed by atoms with Gasteiger partial charge in [-0.3, -0.25) is 4.79 Å². The van der Waals surface area contributed by atoms with E-state index in [-0.39, 0.29) is 54.0 Å². The van der Waals surface area contributed by atoms with Crippen LogP contribution in [-0.4, -0.2) is 62.7 Å². The Bertz CT molecular complexity index is 2020. The minimum Gasteiger partial charge on any atom is -0.668 e. The van der Waals surface area contributed by atoms with Crippen molar-refractivity contribution in [3.63, 3.8) is 0 Å². The van der Waals surface area contributed by atoms with Crippen LogP contribution in [0.1, 0.15) is 47.2 Å². The molecule has 0 unspecified atom stereocenters. The second-order valence-electron chi connectivity index (χ2n) is 14.3. The van der Waals surface area contributed by atoms with Crippen molar-refractivity contribution in [2.75, 3.05) is 20.0 Å². The molecule has 0 radical (unpaired) electrons. The molecule has 0 aliphatic heterocycles. The van der Waals surface area contributed by atoms with Crippen molar-refractivity contribution in [3.05, 3.63) is 125 Å². The Morgan fingerprint density at radius 2 is 1.65 bits per heavy atom. The lowest BCUT2D eigenvalue weighted by Crippen LogP contribution is -2.54. The molecular weight excluding hydrogens is 686 g/mol. The van der Waals surface area contributed by atoms with E-state index in [0.717, 1.165) is 16.8 Å². The summed E-state index contributed by atoms with van der Waals surface area (Å²) in [5.41, 5.74) is 9.09. The Balaban J connectivity index is 1.50. The first kappa shape index (κ1) is 38.2. The maximum absolute atomic E-state index is 15.2. The van der Waals surface area contributed by atoms with Crippen LogP contribution in [0.4, 0.5) is 5.82 Å². The third-order valence-electron chi connectivity index (χ3n) is 11.1. The molecule has 3 aromatic carbocycles. The van der Waals surface area contributed by atoms with Crippen LogP contribution in [0.3, 0.4) is 0 Å². The molecule has 54 heavy (non-hydrogen) atoms. The Hall–Kier alpha value is -5.52. The molecule has 0 amide bonds. The second-order valence-corrected chi connectivity index (χ2v) is 14.3. The summed E-state index contributed by atoms with van der Waals surface area (Å²) in [6.07, 6.45) is 3.16. The molecule has 1 aliphatic rings. The SMILES string of the molecule is COc1cc(CC[C@@H](O)[C@H](C(=O)CCc2cc(O)c(O)c(OC)c2)[C@]2(c3ccnc(N)c3)[C@H](Cc3ccccc3)C[C@@H](O)[C@@H]2Cc2ccc[n-]2)ccc1O. The molecule has 2 aromatic heterocycles. The number of hydrogen-bond acceptors (Lipinski definition) is 10. The number of methoxy groups -OCH3 is 2. The molecule has 6 atom stereocenters. The number of ketones is 1. The number of carbonyl (C=O) groups excluding carboxylic acids is 1. The van der Waals surface area contributed by atoms with Gasteiger partial charge in [-0.1, -0.05) is 48.5 Å². The zero-order chi connectivity index (χ0) is 38.4. The number of anilines is 1. The lowest BCUT2D eigenvalue weighted by atomic mass is 9.54. The minimum atomic E-state index is -1.20. The van der Waals surface area contributed by atoms with Gasteiger partial charge < -0.3 is 45.7 Å². The maximum Gasteiger partial charge on any atom is 0.200 e. The summed E-state index contributed by atoms with van der Waals surface area (Å²) >= 11 is 0. The van der Waals surface area contributed by atoms with Crippen LogP contribution in [-0.2, 0) is 35.9 Å². The number of Topliss-reactive ketones (excluding diaryl/α,β-unsaturated/α-hetero) is 1.